The molecule has 0 aromatic carbocycles. The third kappa shape index (κ3) is 2.88. The molecule has 0 saturated heterocycles. The van der Waals surface area contributed by atoms with E-state index in [9.17, 15) is 14.4 Å². The number of amides is 2. The summed E-state index contributed by atoms with van der Waals surface area (Å²) in [6.45, 7) is 5.73. The van der Waals surface area contributed by atoms with E-state index in [1.165, 1.54) is 9.80 Å². The molecule has 2 atom stereocenters. The van der Waals surface area contributed by atoms with Gasteiger partial charge in [0.15, 0.2) is 0 Å². The van der Waals surface area contributed by atoms with Crippen molar-refractivity contribution in [3.8, 4) is 0 Å². The molecule has 0 aromatic heterocycles. The first-order valence-electron chi connectivity index (χ1n) is 6.36. The van der Waals surface area contributed by atoms with Gasteiger partial charge in [0, 0.05) is 20.6 Å². The van der Waals surface area contributed by atoms with Gasteiger partial charge < -0.3 is 14.9 Å². The van der Waals surface area contributed by atoms with Crippen molar-refractivity contribution >= 4 is 17.8 Å². The number of rotatable bonds is 5. The molecule has 0 radical (unpaired) electrons. The summed E-state index contributed by atoms with van der Waals surface area (Å²) >= 11 is 0. The summed E-state index contributed by atoms with van der Waals surface area (Å²) in [4.78, 5) is 37.9. The summed E-state index contributed by atoms with van der Waals surface area (Å²) in [6, 6.07) is 0. The Hall–Kier alpha value is -1.59. The summed E-state index contributed by atoms with van der Waals surface area (Å²) in [5.41, 5.74) is -0.530. The lowest BCUT2D eigenvalue weighted by molar-refractivity contribution is -0.143. The highest BCUT2D eigenvalue weighted by Gasteiger charge is 2.66. The molecule has 1 N–H and O–H groups in total. The Bertz CT molecular complexity index is 403. The monoisotopic (exact) mass is 270 g/mol. The van der Waals surface area contributed by atoms with Crippen LogP contribution in [0.5, 0.6) is 0 Å². The minimum atomic E-state index is -0.946. The van der Waals surface area contributed by atoms with E-state index in [0.717, 1.165) is 0 Å². The maximum absolute atomic E-state index is 12.3. The largest absolute Gasteiger partial charge is 0.481 e. The second kappa shape index (κ2) is 5.19. The van der Waals surface area contributed by atoms with Crippen molar-refractivity contribution in [2.24, 2.45) is 17.3 Å². The van der Waals surface area contributed by atoms with Crippen molar-refractivity contribution in [3.05, 3.63) is 0 Å². The quantitative estimate of drug-likeness (QED) is 0.778. The van der Waals surface area contributed by atoms with Crippen LogP contribution in [0.1, 0.15) is 20.8 Å². The fraction of sp³-hybridized carbons (Fsp3) is 0.769. The zero-order valence-electron chi connectivity index (χ0n) is 12.1. The van der Waals surface area contributed by atoms with Gasteiger partial charge in [0.25, 0.3) is 0 Å². The van der Waals surface area contributed by atoms with E-state index in [-0.39, 0.29) is 18.4 Å². The van der Waals surface area contributed by atoms with E-state index in [4.69, 9.17) is 5.11 Å². The molecule has 1 saturated carbocycles. The Kier molecular flexibility index (Phi) is 4.22. The number of hydrogen-bond acceptors (Lipinski definition) is 3. The minimum Gasteiger partial charge on any atom is -0.481 e. The number of carbonyl (C=O) groups is 3. The van der Waals surface area contributed by atoms with Crippen molar-refractivity contribution in [1.29, 1.82) is 0 Å². The van der Waals surface area contributed by atoms with E-state index >= 15 is 0 Å². The molecule has 108 valence electrons. The zero-order chi connectivity index (χ0) is 15.0. The fourth-order valence-electron chi connectivity index (χ4n) is 2.41. The van der Waals surface area contributed by atoms with Crippen LogP contribution in [-0.2, 0) is 14.4 Å². The number of aliphatic carboxylic acids is 1. The number of carboxylic acids is 1. The van der Waals surface area contributed by atoms with Gasteiger partial charge in [-0.1, -0.05) is 13.8 Å². The molecule has 1 fully saturated rings. The molecule has 0 spiro atoms. The standard InChI is InChI=1S/C13H22N2O4/c1-6-15(7-8(16)14(4)5)11(17)9-10(12(18)19)13(9,2)3/h9-10H,6-7H2,1-5H3,(H,18,19)/t9-,10+/m1/s1. The van der Waals surface area contributed by atoms with Crippen LogP contribution in [0.25, 0.3) is 0 Å². The molecule has 6 heteroatoms. The van der Waals surface area contributed by atoms with Crippen LogP contribution in [0.3, 0.4) is 0 Å². The van der Waals surface area contributed by atoms with Crippen LogP contribution in [-0.4, -0.2) is 59.9 Å². The number of nitrogens with zero attached hydrogens (tertiary/aromatic N) is 2. The number of carbonyl (C=O) groups excluding carboxylic acids is 2. The van der Waals surface area contributed by atoms with Crippen LogP contribution in [0.4, 0.5) is 0 Å². The van der Waals surface area contributed by atoms with E-state index < -0.39 is 23.2 Å². The summed E-state index contributed by atoms with van der Waals surface area (Å²) < 4.78 is 0. The van der Waals surface area contributed by atoms with Gasteiger partial charge in [-0.25, -0.2) is 0 Å². The molecule has 0 heterocycles. The number of hydrogen-bond donors (Lipinski definition) is 1. The van der Waals surface area contributed by atoms with Crippen molar-refractivity contribution in [3.63, 3.8) is 0 Å². The lowest BCUT2D eigenvalue weighted by Gasteiger charge is -2.23. The second-order valence-corrected chi connectivity index (χ2v) is 5.76. The molecule has 6 nitrogen and oxygen atoms in total. The Morgan fingerprint density at radius 3 is 2.00 bits per heavy atom. The van der Waals surface area contributed by atoms with Crippen LogP contribution in [0.2, 0.25) is 0 Å². The van der Waals surface area contributed by atoms with Crippen molar-refractivity contribution in [2.75, 3.05) is 27.2 Å². The van der Waals surface area contributed by atoms with Gasteiger partial charge in [-0.3, -0.25) is 14.4 Å². The Labute approximate surface area is 113 Å². The molecular weight excluding hydrogens is 248 g/mol. The lowest BCUT2D eigenvalue weighted by Crippen LogP contribution is -2.41. The first-order chi connectivity index (χ1) is 8.64. The highest BCUT2D eigenvalue weighted by atomic mass is 16.4. The highest BCUT2D eigenvalue weighted by molar-refractivity contribution is 5.93. The summed E-state index contributed by atoms with van der Waals surface area (Å²) in [5.74, 6) is -2.53. The predicted octanol–water partition coefficient (Wildman–Crippen LogP) is 0.280. The maximum Gasteiger partial charge on any atom is 0.307 e. The van der Waals surface area contributed by atoms with E-state index in [0.29, 0.717) is 6.54 Å². The van der Waals surface area contributed by atoms with E-state index in [1.54, 1.807) is 34.9 Å². The number of likely N-dealkylation sites (N-methyl/N-ethyl adjacent to an activating group) is 2. The van der Waals surface area contributed by atoms with Gasteiger partial charge in [0.05, 0.1) is 18.4 Å². The SMILES string of the molecule is CCN(CC(=O)N(C)C)C(=O)[C@H]1[C@@H](C(=O)O)C1(C)C. The van der Waals surface area contributed by atoms with Crippen LogP contribution < -0.4 is 0 Å². The molecule has 19 heavy (non-hydrogen) atoms. The fourth-order valence-corrected chi connectivity index (χ4v) is 2.41. The lowest BCUT2D eigenvalue weighted by atomic mass is 10.1. The van der Waals surface area contributed by atoms with Crippen molar-refractivity contribution < 1.29 is 19.5 Å². The zero-order valence-corrected chi connectivity index (χ0v) is 12.1. The van der Waals surface area contributed by atoms with Gasteiger partial charge in [0.1, 0.15) is 0 Å². The third-order valence-electron chi connectivity index (χ3n) is 3.88. The highest BCUT2D eigenvalue weighted by Crippen LogP contribution is 2.58. The van der Waals surface area contributed by atoms with Gasteiger partial charge in [-0.2, -0.15) is 0 Å². The van der Waals surface area contributed by atoms with E-state index in [2.05, 4.69) is 0 Å². The normalized spacial score (nSPS) is 23.6. The second-order valence-electron chi connectivity index (χ2n) is 5.76. The molecule has 1 rings (SSSR count). The van der Waals surface area contributed by atoms with Crippen molar-refractivity contribution in [1.82, 2.24) is 9.80 Å². The average Bonchev–Trinajstić information content (AvgIpc) is 2.87. The first-order valence-corrected chi connectivity index (χ1v) is 6.36. The number of carboxylic acid groups (broad SMARTS) is 1. The molecule has 0 aliphatic heterocycles. The Morgan fingerprint density at radius 2 is 1.68 bits per heavy atom. The first kappa shape index (κ1) is 15.5. The molecule has 0 aromatic rings. The topological polar surface area (TPSA) is 77.9 Å². The summed E-state index contributed by atoms with van der Waals surface area (Å²) in [7, 11) is 3.25. The summed E-state index contributed by atoms with van der Waals surface area (Å²) in [6.07, 6.45) is 0. The van der Waals surface area contributed by atoms with Crippen LogP contribution in [0, 0.1) is 17.3 Å². The van der Waals surface area contributed by atoms with Crippen LogP contribution >= 0.6 is 0 Å². The van der Waals surface area contributed by atoms with Crippen LogP contribution in [0.15, 0.2) is 0 Å². The van der Waals surface area contributed by atoms with Gasteiger partial charge in [-0.05, 0) is 12.3 Å². The van der Waals surface area contributed by atoms with Gasteiger partial charge in [-0.15, -0.1) is 0 Å². The molecule has 2 amide bonds. The molecule has 0 bridgehead atoms. The maximum atomic E-state index is 12.3. The van der Waals surface area contributed by atoms with Gasteiger partial charge >= 0.3 is 5.97 Å². The van der Waals surface area contributed by atoms with E-state index in [1.807, 2.05) is 0 Å². The molecule has 1 aliphatic rings. The minimum absolute atomic E-state index is 0.00124. The Morgan fingerprint density at radius 1 is 1.16 bits per heavy atom. The predicted molar refractivity (Wildman–Crippen MR) is 69.3 cm³/mol. The van der Waals surface area contributed by atoms with Gasteiger partial charge in [0.2, 0.25) is 11.8 Å². The average molecular weight is 270 g/mol. The third-order valence-corrected chi connectivity index (χ3v) is 3.88. The molecule has 0 unspecified atom stereocenters. The molecular formula is C13H22N2O4. The molecule has 1 aliphatic carbocycles. The smallest absolute Gasteiger partial charge is 0.307 e. The van der Waals surface area contributed by atoms with Crippen molar-refractivity contribution in [2.45, 2.75) is 20.8 Å². The summed E-state index contributed by atoms with van der Waals surface area (Å²) in [5, 5.41) is 9.09. The Balaban J connectivity index is 2.76.